The van der Waals surface area contributed by atoms with E-state index in [-0.39, 0.29) is 18.0 Å². The molecule has 0 amide bonds. The minimum Gasteiger partial charge on any atom is -0.403 e. The lowest BCUT2D eigenvalue weighted by Crippen LogP contribution is -2.45. The van der Waals surface area contributed by atoms with Crippen LogP contribution in [0.5, 0.6) is 0 Å². The van der Waals surface area contributed by atoms with Crippen molar-refractivity contribution in [1.82, 2.24) is 4.31 Å². The van der Waals surface area contributed by atoms with Crippen LogP contribution in [-0.2, 0) is 19.3 Å². The first-order valence-electron chi connectivity index (χ1n) is 11.6. The van der Waals surface area contributed by atoms with E-state index in [0.29, 0.717) is 6.32 Å². The summed E-state index contributed by atoms with van der Waals surface area (Å²) in [5, 5.41) is 11.6. The zero-order valence-electron chi connectivity index (χ0n) is 20.7. The summed E-state index contributed by atoms with van der Waals surface area (Å²) in [5.74, 6) is 0. The van der Waals surface area contributed by atoms with Gasteiger partial charge in [0.25, 0.3) is 5.69 Å². The summed E-state index contributed by atoms with van der Waals surface area (Å²) in [6.07, 6.45) is 2.53. The third-order valence-corrected chi connectivity index (χ3v) is 9.01. The molecule has 35 heavy (non-hydrogen) atoms. The lowest BCUT2D eigenvalue weighted by molar-refractivity contribution is -0.387. The molecule has 2 aliphatic rings. The van der Waals surface area contributed by atoms with Gasteiger partial charge >= 0.3 is 7.12 Å². The molecule has 0 unspecified atom stereocenters. The fourth-order valence-electron chi connectivity index (χ4n) is 4.68. The minimum absolute atomic E-state index is 0.108. The van der Waals surface area contributed by atoms with Gasteiger partial charge in [0.1, 0.15) is 0 Å². The Morgan fingerprint density at radius 2 is 1.54 bits per heavy atom. The first-order chi connectivity index (χ1) is 16.2. The Morgan fingerprint density at radius 3 is 2.14 bits per heavy atom. The highest BCUT2D eigenvalue weighted by Crippen LogP contribution is 2.44. The van der Waals surface area contributed by atoms with Gasteiger partial charge in [-0.25, -0.2) is 8.42 Å². The van der Waals surface area contributed by atoms with Crippen LogP contribution in [0, 0.1) is 15.5 Å². The number of sulfonamides is 1. The van der Waals surface area contributed by atoms with Gasteiger partial charge in [-0.2, -0.15) is 4.31 Å². The second kappa shape index (κ2) is 8.85. The number of hydrogen-bond acceptors (Lipinski definition) is 6. The van der Waals surface area contributed by atoms with Gasteiger partial charge in [0, 0.05) is 19.2 Å². The standard InChI is InChI=1S/C25H31BN2O6S/c1-23(2)24(3,4)34-26(33-23)17-25(5)15-20(19-11-7-6-8-12-19)16-27(18-25)35(31,32)22-14-10-9-13-21(22)28(29)30/h6-15H,16-18H2,1-5H3/t25-/m1/s1. The van der Waals surface area contributed by atoms with Crippen LogP contribution in [0.2, 0.25) is 6.32 Å². The monoisotopic (exact) mass is 498 g/mol. The summed E-state index contributed by atoms with van der Waals surface area (Å²) < 4.78 is 41.3. The number of nitrogens with zero attached hydrogens (tertiary/aromatic N) is 2. The second-order valence-electron chi connectivity index (χ2n) is 10.6. The molecule has 2 aliphatic heterocycles. The molecule has 0 bridgehead atoms. The van der Waals surface area contributed by atoms with Crippen molar-refractivity contribution in [3.05, 3.63) is 76.4 Å². The lowest BCUT2D eigenvalue weighted by atomic mass is 9.67. The van der Waals surface area contributed by atoms with Crippen LogP contribution >= 0.6 is 0 Å². The fraction of sp³-hybridized carbons (Fsp3) is 0.440. The van der Waals surface area contributed by atoms with Crippen molar-refractivity contribution in [3.8, 4) is 0 Å². The van der Waals surface area contributed by atoms with E-state index in [2.05, 4.69) is 6.08 Å². The molecule has 10 heteroatoms. The molecule has 8 nitrogen and oxygen atoms in total. The van der Waals surface area contributed by atoms with Gasteiger partial charge in [0.05, 0.1) is 16.1 Å². The summed E-state index contributed by atoms with van der Waals surface area (Å²) in [6.45, 7) is 10.1. The summed E-state index contributed by atoms with van der Waals surface area (Å²) in [5.41, 5.74) is -0.360. The zero-order chi connectivity index (χ0) is 25.6. The van der Waals surface area contributed by atoms with Crippen molar-refractivity contribution < 1.29 is 22.6 Å². The van der Waals surface area contributed by atoms with Crippen LogP contribution in [0.4, 0.5) is 5.69 Å². The largest absolute Gasteiger partial charge is 0.458 e. The third kappa shape index (κ3) is 4.93. The maximum Gasteiger partial charge on any atom is 0.458 e. The highest BCUT2D eigenvalue weighted by Gasteiger charge is 2.53. The van der Waals surface area contributed by atoms with E-state index in [1.807, 2.05) is 65.0 Å². The van der Waals surface area contributed by atoms with E-state index in [0.717, 1.165) is 11.1 Å². The van der Waals surface area contributed by atoms with Crippen molar-refractivity contribution in [2.45, 2.75) is 57.0 Å². The van der Waals surface area contributed by atoms with Crippen LogP contribution in [0.3, 0.4) is 0 Å². The first kappa shape index (κ1) is 25.6. The average Bonchev–Trinajstić information content (AvgIpc) is 2.98. The molecule has 0 aromatic heterocycles. The topological polar surface area (TPSA) is 99.0 Å². The van der Waals surface area contributed by atoms with E-state index in [1.54, 1.807) is 0 Å². The van der Waals surface area contributed by atoms with Crippen molar-refractivity contribution >= 4 is 28.4 Å². The number of benzene rings is 2. The lowest BCUT2D eigenvalue weighted by Gasteiger charge is -2.39. The van der Waals surface area contributed by atoms with Crippen LogP contribution in [0.25, 0.3) is 5.57 Å². The van der Waals surface area contributed by atoms with Crippen LogP contribution in [0.1, 0.15) is 40.2 Å². The van der Waals surface area contributed by atoms with Crippen molar-refractivity contribution in [3.63, 3.8) is 0 Å². The van der Waals surface area contributed by atoms with E-state index in [9.17, 15) is 18.5 Å². The van der Waals surface area contributed by atoms with Crippen molar-refractivity contribution in [2.24, 2.45) is 5.41 Å². The molecule has 1 saturated heterocycles. The fourth-order valence-corrected chi connectivity index (χ4v) is 6.38. The maximum absolute atomic E-state index is 13.8. The zero-order valence-corrected chi connectivity index (χ0v) is 21.5. The van der Waals surface area contributed by atoms with E-state index in [1.165, 1.54) is 28.6 Å². The molecule has 2 aromatic carbocycles. The van der Waals surface area contributed by atoms with Gasteiger partial charge in [-0.15, -0.1) is 0 Å². The smallest absolute Gasteiger partial charge is 0.403 e. The molecule has 2 heterocycles. The number of para-hydroxylation sites is 1. The Morgan fingerprint density at radius 1 is 0.971 bits per heavy atom. The van der Waals surface area contributed by atoms with Crippen molar-refractivity contribution in [1.29, 1.82) is 0 Å². The van der Waals surface area contributed by atoms with Gasteiger partial charge in [-0.1, -0.05) is 55.5 Å². The summed E-state index contributed by atoms with van der Waals surface area (Å²) >= 11 is 0. The third-order valence-electron chi connectivity index (χ3n) is 7.17. The van der Waals surface area contributed by atoms with Crippen LogP contribution < -0.4 is 0 Å². The predicted octanol–water partition coefficient (Wildman–Crippen LogP) is 4.78. The first-order valence-corrected chi connectivity index (χ1v) is 13.0. The van der Waals surface area contributed by atoms with Crippen LogP contribution in [0.15, 0.2) is 65.6 Å². The minimum atomic E-state index is -4.16. The molecule has 0 saturated carbocycles. The molecular weight excluding hydrogens is 467 g/mol. The van der Waals surface area contributed by atoms with E-state index >= 15 is 0 Å². The molecule has 1 atom stereocenters. The molecule has 0 aliphatic carbocycles. The Hall–Kier alpha value is -2.53. The SMILES string of the molecule is CC1(C)OB(C[C@@]2(C)C=C(c3ccccc3)CN(S(=O)(=O)c3ccccc3[N+](=O)[O-])C2)OC1(C)C. The van der Waals surface area contributed by atoms with E-state index in [4.69, 9.17) is 9.31 Å². The van der Waals surface area contributed by atoms with E-state index < -0.39 is 44.4 Å². The normalized spacial score (nSPS) is 24.3. The molecule has 0 N–H and O–H groups in total. The van der Waals surface area contributed by atoms with Crippen molar-refractivity contribution in [2.75, 3.05) is 13.1 Å². The average molecular weight is 498 g/mol. The predicted molar refractivity (Wildman–Crippen MR) is 135 cm³/mol. The quantitative estimate of drug-likeness (QED) is 0.323. The Bertz CT molecular complexity index is 1250. The summed E-state index contributed by atoms with van der Waals surface area (Å²) in [4.78, 5) is 10.6. The number of hydrogen-bond donors (Lipinski definition) is 0. The maximum atomic E-state index is 13.8. The second-order valence-corrected chi connectivity index (χ2v) is 12.5. The summed E-state index contributed by atoms with van der Waals surface area (Å²) in [7, 11) is -4.68. The number of rotatable bonds is 6. The van der Waals surface area contributed by atoms with Crippen LogP contribution in [-0.4, -0.2) is 49.1 Å². The van der Waals surface area contributed by atoms with Gasteiger partial charge < -0.3 is 9.31 Å². The van der Waals surface area contributed by atoms with Gasteiger partial charge in [-0.3, -0.25) is 10.1 Å². The molecular formula is C25H31BN2O6S. The molecule has 1 fully saturated rings. The Labute approximate surface area is 207 Å². The van der Waals surface area contributed by atoms with Gasteiger partial charge in [-0.05, 0) is 56.6 Å². The van der Waals surface area contributed by atoms with Gasteiger partial charge in [0.2, 0.25) is 10.0 Å². The Kier molecular flexibility index (Phi) is 6.46. The summed E-state index contributed by atoms with van der Waals surface area (Å²) in [6, 6.07) is 15.0. The highest BCUT2D eigenvalue weighted by molar-refractivity contribution is 7.89. The molecule has 4 rings (SSSR count). The Balaban J connectivity index is 1.74. The number of nitro groups is 1. The molecule has 0 spiro atoms. The number of nitro benzene ring substituents is 1. The molecule has 0 radical (unpaired) electrons. The van der Waals surface area contributed by atoms with Gasteiger partial charge in [0.15, 0.2) is 4.90 Å². The molecule has 186 valence electrons. The highest BCUT2D eigenvalue weighted by atomic mass is 32.2. The molecule has 2 aromatic rings.